The van der Waals surface area contributed by atoms with Gasteiger partial charge < -0.3 is 9.88 Å². The fraction of sp³-hybridized carbons (Fsp3) is 0.391. The molecule has 1 amide bonds. The molecule has 0 spiro atoms. The summed E-state index contributed by atoms with van der Waals surface area (Å²) in [5, 5.41) is 16.1. The smallest absolute Gasteiger partial charge is 0.252 e. The molecule has 9 heteroatoms. The van der Waals surface area contributed by atoms with Gasteiger partial charge in [0.25, 0.3) is 5.78 Å². The van der Waals surface area contributed by atoms with Crippen molar-refractivity contribution < 1.29 is 4.79 Å². The molecule has 1 aliphatic rings. The molecule has 0 fully saturated rings. The second-order valence-electron chi connectivity index (χ2n) is 8.26. The largest absolute Gasteiger partial charge is 0.326 e. The number of anilines is 1. The maximum Gasteiger partial charge on any atom is 0.252 e. The van der Waals surface area contributed by atoms with E-state index in [1.54, 1.807) is 4.52 Å². The van der Waals surface area contributed by atoms with Crippen LogP contribution in [0, 0.1) is 13.8 Å². The first-order chi connectivity index (χ1) is 15.6. The molecule has 32 heavy (non-hydrogen) atoms. The third-order valence-corrected chi connectivity index (χ3v) is 6.10. The third-order valence-electron chi connectivity index (χ3n) is 6.10. The molecule has 0 saturated carbocycles. The average molecular weight is 431 g/mol. The van der Waals surface area contributed by atoms with Crippen LogP contribution in [0.15, 0.2) is 30.6 Å². The van der Waals surface area contributed by atoms with Crippen molar-refractivity contribution in [1.29, 1.82) is 0 Å². The van der Waals surface area contributed by atoms with E-state index in [0.717, 1.165) is 65.7 Å². The molecule has 0 saturated heterocycles. The Morgan fingerprint density at radius 3 is 2.97 bits per heavy atom. The number of amides is 1. The highest BCUT2D eigenvalue weighted by atomic mass is 16.1. The number of fused-ring (bicyclic) bond motifs is 2. The molecule has 4 heterocycles. The number of carbonyl (C=O) groups is 1. The lowest BCUT2D eigenvalue weighted by Crippen LogP contribution is -2.14. The van der Waals surface area contributed by atoms with Crippen LogP contribution in [-0.4, -0.2) is 40.3 Å². The van der Waals surface area contributed by atoms with E-state index in [1.807, 2.05) is 38.1 Å². The number of carbonyl (C=O) groups excluding carboxylic acids is 1. The zero-order valence-corrected chi connectivity index (χ0v) is 18.4. The van der Waals surface area contributed by atoms with Crippen LogP contribution in [0.2, 0.25) is 0 Å². The monoisotopic (exact) mass is 430 g/mol. The fourth-order valence-electron chi connectivity index (χ4n) is 4.41. The Morgan fingerprint density at radius 2 is 2.06 bits per heavy atom. The number of rotatable bonds is 5. The molecule has 0 unspecified atom stereocenters. The molecule has 0 aliphatic carbocycles. The van der Waals surface area contributed by atoms with Gasteiger partial charge in [0.15, 0.2) is 5.82 Å². The van der Waals surface area contributed by atoms with E-state index in [1.165, 1.54) is 12.7 Å². The Labute approximate surface area is 185 Å². The van der Waals surface area contributed by atoms with E-state index in [0.29, 0.717) is 18.6 Å². The molecule has 5 rings (SSSR count). The van der Waals surface area contributed by atoms with Gasteiger partial charge in [-0.2, -0.15) is 10.1 Å². The summed E-state index contributed by atoms with van der Waals surface area (Å²) in [6, 6.07) is 7.84. The van der Waals surface area contributed by atoms with Gasteiger partial charge in [-0.25, -0.2) is 9.50 Å². The molecule has 1 aliphatic heterocycles. The summed E-state index contributed by atoms with van der Waals surface area (Å²) in [5.74, 6) is 2.46. The highest BCUT2D eigenvalue weighted by molar-refractivity contribution is 5.91. The summed E-state index contributed by atoms with van der Waals surface area (Å²) in [4.78, 5) is 21.3. The molecule has 3 aromatic heterocycles. The predicted octanol–water partition coefficient (Wildman–Crippen LogP) is 3.30. The number of nitrogens with one attached hydrogen (secondary N) is 1. The number of hydrogen-bond acceptors (Lipinski definition) is 6. The van der Waals surface area contributed by atoms with E-state index in [2.05, 4.69) is 35.1 Å². The lowest BCUT2D eigenvalue weighted by atomic mass is 10.1. The van der Waals surface area contributed by atoms with Crippen LogP contribution in [0.4, 0.5) is 5.69 Å². The minimum atomic E-state index is -0.0419. The third kappa shape index (κ3) is 3.86. The van der Waals surface area contributed by atoms with Gasteiger partial charge in [-0.15, -0.1) is 10.2 Å². The molecule has 4 aromatic rings. The summed E-state index contributed by atoms with van der Waals surface area (Å²) in [6.45, 7) is 4.87. The zero-order valence-electron chi connectivity index (χ0n) is 18.4. The van der Waals surface area contributed by atoms with Gasteiger partial charge in [-0.1, -0.05) is 18.6 Å². The summed E-state index contributed by atoms with van der Waals surface area (Å²) in [5.41, 5.74) is 4.60. The summed E-state index contributed by atoms with van der Waals surface area (Å²) in [7, 11) is 0. The van der Waals surface area contributed by atoms with Gasteiger partial charge in [-0.05, 0) is 50.8 Å². The molecular weight excluding hydrogens is 404 g/mol. The SMILES string of the molecule is Cc1nc2ncnn2c(C)c1CCC(=O)Nc1cccc(-c2nnc3n2CCCCC3)c1. The van der Waals surface area contributed by atoms with Gasteiger partial charge in [0, 0.05) is 42.0 Å². The maximum atomic E-state index is 12.7. The van der Waals surface area contributed by atoms with Crippen LogP contribution in [-0.2, 0) is 24.2 Å². The van der Waals surface area contributed by atoms with Crippen molar-refractivity contribution in [3.63, 3.8) is 0 Å². The fourth-order valence-corrected chi connectivity index (χ4v) is 4.41. The Bertz CT molecular complexity index is 1290. The van der Waals surface area contributed by atoms with Crippen LogP contribution in [0.25, 0.3) is 17.2 Å². The molecule has 0 radical (unpaired) electrons. The lowest BCUT2D eigenvalue weighted by molar-refractivity contribution is -0.116. The lowest BCUT2D eigenvalue weighted by Gasteiger charge is -2.11. The van der Waals surface area contributed by atoms with Gasteiger partial charge in [0.2, 0.25) is 5.91 Å². The van der Waals surface area contributed by atoms with Crippen molar-refractivity contribution in [2.24, 2.45) is 0 Å². The Hall–Kier alpha value is -3.62. The maximum absolute atomic E-state index is 12.7. The number of aromatic nitrogens is 7. The number of hydrogen-bond donors (Lipinski definition) is 1. The van der Waals surface area contributed by atoms with Crippen LogP contribution in [0.3, 0.4) is 0 Å². The van der Waals surface area contributed by atoms with E-state index in [9.17, 15) is 4.79 Å². The minimum absolute atomic E-state index is 0.0419. The number of aryl methyl sites for hydroxylation is 3. The van der Waals surface area contributed by atoms with Gasteiger partial charge in [0.1, 0.15) is 12.2 Å². The minimum Gasteiger partial charge on any atom is -0.326 e. The van der Waals surface area contributed by atoms with Crippen molar-refractivity contribution in [2.45, 2.75) is 58.9 Å². The standard InChI is InChI=1S/C23H26N8O/c1-15-19(16(2)31-23(26-15)24-14-25-31)10-11-21(32)27-18-8-6-7-17(13-18)22-29-28-20-9-4-3-5-12-30(20)22/h6-8,13-14H,3-5,9-12H2,1-2H3,(H,27,32). The summed E-state index contributed by atoms with van der Waals surface area (Å²) >= 11 is 0. The Kier molecular flexibility index (Phi) is 5.38. The molecule has 1 N–H and O–H groups in total. The summed E-state index contributed by atoms with van der Waals surface area (Å²) in [6.07, 6.45) is 6.92. The first-order valence-electron chi connectivity index (χ1n) is 11.1. The van der Waals surface area contributed by atoms with Gasteiger partial charge >= 0.3 is 0 Å². The molecular formula is C23H26N8O. The van der Waals surface area contributed by atoms with Crippen molar-refractivity contribution in [2.75, 3.05) is 5.32 Å². The van der Waals surface area contributed by atoms with E-state index < -0.39 is 0 Å². The number of nitrogens with zero attached hydrogens (tertiary/aromatic N) is 7. The van der Waals surface area contributed by atoms with Crippen molar-refractivity contribution in [1.82, 2.24) is 34.3 Å². The topological polar surface area (TPSA) is 103 Å². The van der Waals surface area contributed by atoms with Crippen molar-refractivity contribution in [3.8, 4) is 11.4 Å². The predicted molar refractivity (Wildman–Crippen MR) is 120 cm³/mol. The first-order valence-corrected chi connectivity index (χ1v) is 11.1. The van der Waals surface area contributed by atoms with E-state index in [4.69, 9.17) is 0 Å². The van der Waals surface area contributed by atoms with E-state index >= 15 is 0 Å². The van der Waals surface area contributed by atoms with Crippen LogP contribution >= 0.6 is 0 Å². The summed E-state index contributed by atoms with van der Waals surface area (Å²) < 4.78 is 3.93. The first kappa shape index (κ1) is 20.3. The number of benzene rings is 1. The van der Waals surface area contributed by atoms with Gasteiger partial charge in [-0.3, -0.25) is 4.79 Å². The van der Waals surface area contributed by atoms with Crippen molar-refractivity contribution >= 4 is 17.4 Å². The average Bonchev–Trinajstić information content (AvgIpc) is 3.34. The zero-order chi connectivity index (χ0) is 22.1. The van der Waals surface area contributed by atoms with Crippen LogP contribution < -0.4 is 5.32 Å². The molecule has 164 valence electrons. The van der Waals surface area contributed by atoms with Crippen molar-refractivity contribution in [3.05, 3.63) is 53.4 Å². The molecule has 0 bridgehead atoms. The quantitative estimate of drug-likeness (QED) is 0.521. The normalized spacial score (nSPS) is 13.7. The van der Waals surface area contributed by atoms with Crippen LogP contribution in [0.1, 0.15) is 48.5 Å². The second kappa shape index (κ2) is 8.49. The highest BCUT2D eigenvalue weighted by Crippen LogP contribution is 2.25. The second-order valence-corrected chi connectivity index (χ2v) is 8.26. The van der Waals surface area contributed by atoms with Crippen LogP contribution in [0.5, 0.6) is 0 Å². The Balaban J connectivity index is 1.29. The molecule has 0 atom stereocenters. The Morgan fingerprint density at radius 1 is 1.16 bits per heavy atom. The molecule has 9 nitrogen and oxygen atoms in total. The molecule has 1 aromatic carbocycles. The van der Waals surface area contributed by atoms with E-state index in [-0.39, 0.29) is 5.91 Å². The highest BCUT2D eigenvalue weighted by Gasteiger charge is 2.17. The van der Waals surface area contributed by atoms with Gasteiger partial charge in [0.05, 0.1) is 0 Å².